The van der Waals surface area contributed by atoms with Crippen LogP contribution in [0.1, 0.15) is 16.9 Å². The number of H-pyrrole nitrogens is 1. The molecule has 1 heterocycles. The van der Waals surface area contributed by atoms with Crippen molar-refractivity contribution in [1.29, 1.82) is 0 Å². The molecule has 0 saturated carbocycles. The topological polar surface area (TPSA) is 99.3 Å². The molecule has 0 aromatic carbocycles. The smallest absolute Gasteiger partial charge is 0.310 e. The van der Waals surface area contributed by atoms with Crippen molar-refractivity contribution in [3.05, 3.63) is 46.4 Å². The Labute approximate surface area is 102 Å². The molecule has 2 atom stereocenters. The average Bonchev–Trinajstić information content (AvgIpc) is 2.77. The van der Waals surface area contributed by atoms with Gasteiger partial charge >= 0.3 is 5.97 Å². The van der Waals surface area contributed by atoms with E-state index in [0.29, 0.717) is 6.42 Å². The van der Waals surface area contributed by atoms with Gasteiger partial charge in [-0.15, -0.1) is 0 Å². The number of hydrogen-bond acceptors (Lipinski definition) is 3. The number of carbonyl (C=O) groups excluding carboxylic acids is 1. The summed E-state index contributed by atoms with van der Waals surface area (Å²) in [6.07, 6.45) is 3.54. The van der Waals surface area contributed by atoms with Crippen molar-refractivity contribution in [3.8, 4) is 0 Å². The second-order valence-electron chi connectivity index (χ2n) is 4.07. The largest absolute Gasteiger partial charge is 0.481 e. The number of pyridine rings is 1. The van der Waals surface area contributed by atoms with Gasteiger partial charge in [0, 0.05) is 12.1 Å². The minimum Gasteiger partial charge on any atom is -0.481 e. The SMILES string of the molecule is O=C(NC1C=CC(C(=O)O)C1)c1cccc(=O)[nH]1. The molecule has 6 nitrogen and oxygen atoms in total. The Balaban J connectivity index is 2.00. The minimum atomic E-state index is -0.906. The van der Waals surface area contributed by atoms with Gasteiger partial charge in [-0.2, -0.15) is 0 Å². The fourth-order valence-electron chi connectivity index (χ4n) is 1.82. The molecule has 3 N–H and O–H groups in total. The zero-order chi connectivity index (χ0) is 13.1. The van der Waals surface area contributed by atoms with Crippen LogP contribution in [0.2, 0.25) is 0 Å². The van der Waals surface area contributed by atoms with Gasteiger partial charge in [0.2, 0.25) is 5.56 Å². The van der Waals surface area contributed by atoms with Gasteiger partial charge < -0.3 is 15.4 Å². The van der Waals surface area contributed by atoms with Crippen molar-refractivity contribution in [2.24, 2.45) is 5.92 Å². The van der Waals surface area contributed by atoms with Crippen LogP contribution in [0.4, 0.5) is 0 Å². The van der Waals surface area contributed by atoms with Crippen molar-refractivity contribution in [3.63, 3.8) is 0 Å². The third-order valence-electron chi connectivity index (χ3n) is 2.73. The van der Waals surface area contributed by atoms with E-state index in [1.54, 1.807) is 12.2 Å². The highest BCUT2D eigenvalue weighted by Gasteiger charge is 2.25. The second-order valence-corrected chi connectivity index (χ2v) is 4.07. The zero-order valence-electron chi connectivity index (χ0n) is 9.42. The van der Waals surface area contributed by atoms with Crippen LogP contribution in [-0.4, -0.2) is 28.0 Å². The first-order valence-electron chi connectivity index (χ1n) is 5.47. The number of carboxylic acid groups (broad SMARTS) is 1. The Bertz CT molecular complexity index is 561. The van der Waals surface area contributed by atoms with Crippen LogP contribution < -0.4 is 10.9 Å². The first-order chi connectivity index (χ1) is 8.56. The number of rotatable bonds is 3. The van der Waals surface area contributed by atoms with Gasteiger partial charge in [0.1, 0.15) is 5.69 Å². The summed E-state index contributed by atoms with van der Waals surface area (Å²) in [5.74, 6) is -1.89. The van der Waals surface area contributed by atoms with E-state index in [-0.39, 0.29) is 17.3 Å². The van der Waals surface area contributed by atoms with Crippen molar-refractivity contribution < 1.29 is 14.7 Å². The maximum atomic E-state index is 11.8. The molecule has 1 aromatic heterocycles. The summed E-state index contributed by atoms with van der Waals surface area (Å²) in [7, 11) is 0. The maximum absolute atomic E-state index is 11.8. The van der Waals surface area contributed by atoms with Crippen LogP contribution in [0.3, 0.4) is 0 Å². The average molecular weight is 248 g/mol. The normalized spacial score (nSPS) is 21.8. The first-order valence-corrected chi connectivity index (χ1v) is 5.47. The third-order valence-corrected chi connectivity index (χ3v) is 2.73. The highest BCUT2D eigenvalue weighted by molar-refractivity contribution is 5.92. The number of aliphatic carboxylic acids is 1. The molecule has 0 saturated heterocycles. The predicted octanol–water partition coefficient (Wildman–Crippen LogP) is 0.134. The van der Waals surface area contributed by atoms with E-state index >= 15 is 0 Å². The lowest BCUT2D eigenvalue weighted by Gasteiger charge is -2.11. The third kappa shape index (κ3) is 2.65. The van der Waals surface area contributed by atoms with E-state index < -0.39 is 17.8 Å². The van der Waals surface area contributed by atoms with Gasteiger partial charge in [0.15, 0.2) is 0 Å². The molecule has 6 heteroatoms. The standard InChI is InChI=1S/C12H12N2O4/c15-10-3-1-2-9(14-10)11(16)13-8-5-4-7(6-8)12(17)18/h1-5,7-8H,6H2,(H,13,16)(H,14,15)(H,17,18). The lowest BCUT2D eigenvalue weighted by atomic mass is 10.1. The molecule has 0 aliphatic heterocycles. The Morgan fingerprint density at radius 2 is 2.11 bits per heavy atom. The molecule has 0 fully saturated rings. The zero-order valence-corrected chi connectivity index (χ0v) is 9.42. The van der Waals surface area contributed by atoms with E-state index in [9.17, 15) is 14.4 Å². The number of aromatic nitrogens is 1. The summed E-state index contributed by atoms with van der Waals surface area (Å²) in [5, 5.41) is 11.5. The number of hydrogen-bond donors (Lipinski definition) is 3. The van der Waals surface area contributed by atoms with Gasteiger partial charge in [-0.05, 0) is 12.5 Å². The molecule has 2 rings (SSSR count). The summed E-state index contributed by atoms with van der Waals surface area (Å²) in [4.78, 5) is 36.0. The molecular formula is C12H12N2O4. The summed E-state index contributed by atoms with van der Waals surface area (Å²) in [5.41, 5.74) is -0.192. The molecule has 1 aliphatic carbocycles. The molecule has 1 aliphatic rings. The number of amides is 1. The van der Waals surface area contributed by atoms with Crippen molar-refractivity contribution >= 4 is 11.9 Å². The Kier molecular flexibility index (Phi) is 3.27. The predicted molar refractivity (Wildman–Crippen MR) is 63.2 cm³/mol. The van der Waals surface area contributed by atoms with Crippen molar-refractivity contribution in [1.82, 2.24) is 10.3 Å². The van der Waals surface area contributed by atoms with E-state index in [0.717, 1.165) is 0 Å². The van der Waals surface area contributed by atoms with Crippen molar-refractivity contribution in [2.45, 2.75) is 12.5 Å². The maximum Gasteiger partial charge on any atom is 0.310 e. The number of carbonyl (C=O) groups is 2. The second kappa shape index (κ2) is 4.87. The van der Waals surface area contributed by atoms with Crippen LogP contribution in [0.15, 0.2) is 35.1 Å². The molecule has 0 bridgehead atoms. The van der Waals surface area contributed by atoms with Gasteiger partial charge in [-0.25, -0.2) is 0 Å². The molecule has 0 spiro atoms. The Hall–Kier alpha value is -2.37. The fourth-order valence-corrected chi connectivity index (χ4v) is 1.82. The first kappa shape index (κ1) is 12.1. The van der Waals surface area contributed by atoms with E-state index in [1.807, 2.05) is 0 Å². The lowest BCUT2D eigenvalue weighted by molar-refractivity contribution is -0.140. The summed E-state index contributed by atoms with van der Waals surface area (Å²) in [6.45, 7) is 0. The summed E-state index contributed by atoms with van der Waals surface area (Å²) in [6, 6.07) is 3.97. The lowest BCUT2D eigenvalue weighted by Crippen LogP contribution is -2.34. The van der Waals surface area contributed by atoms with Gasteiger partial charge in [-0.1, -0.05) is 18.2 Å². The molecule has 1 amide bonds. The molecular weight excluding hydrogens is 236 g/mol. The highest BCUT2D eigenvalue weighted by atomic mass is 16.4. The van der Waals surface area contributed by atoms with Gasteiger partial charge in [-0.3, -0.25) is 14.4 Å². The van der Waals surface area contributed by atoms with Crippen molar-refractivity contribution in [2.75, 3.05) is 0 Å². The monoisotopic (exact) mass is 248 g/mol. The molecule has 1 aromatic rings. The fraction of sp³-hybridized carbons (Fsp3) is 0.250. The summed E-state index contributed by atoms with van der Waals surface area (Å²) < 4.78 is 0. The molecule has 0 radical (unpaired) electrons. The van der Waals surface area contributed by atoms with E-state index in [2.05, 4.69) is 10.3 Å². The number of aromatic amines is 1. The van der Waals surface area contributed by atoms with Crippen LogP contribution in [0.5, 0.6) is 0 Å². The van der Waals surface area contributed by atoms with E-state index in [4.69, 9.17) is 5.11 Å². The van der Waals surface area contributed by atoms with Crippen LogP contribution in [0.25, 0.3) is 0 Å². The number of nitrogens with one attached hydrogen (secondary N) is 2. The molecule has 18 heavy (non-hydrogen) atoms. The molecule has 2 unspecified atom stereocenters. The highest BCUT2D eigenvalue weighted by Crippen LogP contribution is 2.18. The van der Waals surface area contributed by atoms with Crippen LogP contribution in [-0.2, 0) is 4.79 Å². The van der Waals surface area contributed by atoms with Crippen LogP contribution in [0, 0.1) is 5.92 Å². The number of carboxylic acids is 1. The van der Waals surface area contributed by atoms with Gasteiger partial charge in [0.25, 0.3) is 5.91 Å². The summed E-state index contributed by atoms with van der Waals surface area (Å²) >= 11 is 0. The Morgan fingerprint density at radius 1 is 1.33 bits per heavy atom. The minimum absolute atomic E-state index is 0.162. The Morgan fingerprint density at radius 3 is 2.72 bits per heavy atom. The quantitative estimate of drug-likeness (QED) is 0.662. The van der Waals surface area contributed by atoms with Gasteiger partial charge in [0.05, 0.1) is 5.92 Å². The van der Waals surface area contributed by atoms with E-state index in [1.165, 1.54) is 18.2 Å². The van der Waals surface area contributed by atoms with Crippen LogP contribution >= 0.6 is 0 Å². The molecule has 94 valence electrons.